The van der Waals surface area contributed by atoms with Crippen molar-refractivity contribution in [2.24, 2.45) is 0 Å². The highest BCUT2D eigenvalue weighted by Gasteiger charge is 2.49. The van der Waals surface area contributed by atoms with E-state index in [1.165, 1.54) is 6.92 Å². The van der Waals surface area contributed by atoms with E-state index in [0.29, 0.717) is 6.61 Å². The molecule has 0 unspecified atom stereocenters. The van der Waals surface area contributed by atoms with E-state index in [0.717, 1.165) is 11.1 Å². The van der Waals surface area contributed by atoms with Crippen molar-refractivity contribution < 1.29 is 33.6 Å². The second-order valence-electron chi connectivity index (χ2n) is 7.49. The first-order valence-corrected chi connectivity index (χ1v) is 10.6. The Morgan fingerprint density at radius 3 is 2.06 bits per heavy atom. The Morgan fingerprint density at radius 2 is 1.53 bits per heavy atom. The highest BCUT2D eigenvalue weighted by molar-refractivity contribution is 5.66. The number of carbonyl (C=O) groups excluding carboxylic acids is 1. The summed E-state index contributed by atoms with van der Waals surface area (Å²) in [5.41, 5.74) is 1.87. The SMILES string of the molecule is C=CCOC[C@H]1O[C@H](O)[C@H](OCc2ccccc2)[C@@H](OCc2ccccc2)[C@@H]1OC(C)=O. The third-order valence-corrected chi connectivity index (χ3v) is 5.00. The van der Waals surface area contributed by atoms with Crippen molar-refractivity contribution in [1.29, 1.82) is 0 Å². The quantitative estimate of drug-likeness (QED) is 0.325. The lowest BCUT2D eigenvalue weighted by Gasteiger charge is -2.43. The van der Waals surface area contributed by atoms with Gasteiger partial charge < -0.3 is 28.8 Å². The van der Waals surface area contributed by atoms with Crippen molar-refractivity contribution in [3.63, 3.8) is 0 Å². The predicted molar refractivity (Wildman–Crippen MR) is 117 cm³/mol. The molecular formula is C25H30O7. The molecular weight excluding hydrogens is 412 g/mol. The number of aliphatic hydroxyl groups excluding tert-OH is 1. The molecule has 1 aliphatic heterocycles. The number of benzene rings is 2. The number of rotatable bonds is 11. The summed E-state index contributed by atoms with van der Waals surface area (Å²) < 4.78 is 29.0. The summed E-state index contributed by atoms with van der Waals surface area (Å²) in [6.45, 7) is 5.83. The fraction of sp³-hybridized carbons (Fsp3) is 0.400. The van der Waals surface area contributed by atoms with Gasteiger partial charge in [-0.05, 0) is 11.1 Å². The first-order chi connectivity index (χ1) is 15.6. The van der Waals surface area contributed by atoms with Gasteiger partial charge in [0.05, 0.1) is 26.4 Å². The molecule has 2 aromatic carbocycles. The molecule has 0 amide bonds. The summed E-state index contributed by atoms with van der Waals surface area (Å²) in [6.07, 6.45) is -2.89. The van der Waals surface area contributed by atoms with Crippen molar-refractivity contribution in [3.8, 4) is 0 Å². The smallest absolute Gasteiger partial charge is 0.303 e. The number of carbonyl (C=O) groups is 1. The molecule has 0 aliphatic carbocycles. The van der Waals surface area contributed by atoms with Gasteiger partial charge in [0.25, 0.3) is 0 Å². The molecule has 2 aromatic rings. The minimum absolute atomic E-state index is 0.0949. The number of hydrogen-bond donors (Lipinski definition) is 1. The van der Waals surface area contributed by atoms with Crippen LogP contribution >= 0.6 is 0 Å². The molecule has 7 heteroatoms. The minimum Gasteiger partial charge on any atom is -0.457 e. The summed E-state index contributed by atoms with van der Waals surface area (Å²) >= 11 is 0. The van der Waals surface area contributed by atoms with Crippen LogP contribution in [0, 0.1) is 0 Å². The molecule has 1 N–H and O–H groups in total. The van der Waals surface area contributed by atoms with Crippen LogP contribution in [0.15, 0.2) is 73.3 Å². The lowest BCUT2D eigenvalue weighted by molar-refractivity contribution is -0.310. The zero-order chi connectivity index (χ0) is 22.8. The monoisotopic (exact) mass is 442 g/mol. The van der Waals surface area contributed by atoms with Gasteiger partial charge in [0.1, 0.15) is 18.3 Å². The van der Waals surface area contributed by atoms with Gasteiger partial charge in [0.15, 0.2) is 12.4 Å². The van der Waals surface area contributed by atoms with Crippen molar-refractivity contribution in [2.45, 2.75) is 50.8 Å². The topological polar surface area (TPSA) is 83.5 Å². The lowest BCUT2D eigenvalue weighted by atomic mass is 9.98. The van der Waals surface area contributed by atoms with E-state index in [4.69, 9.17) is 23.7 Å². The van der Waals surface area contributed by atoms with E-state index in [1.54, 1.807) is 6.08 Å². The molecule has 0 aromatic heterocycles. The van der Waals surface area contributed by atoms with Gasteiger partial charge in [-0.15, -0.1) is 6.58 Å². The molecule has 0 spiro atoms. The predicted octanol–water partition coefficient (Wildman–Crippen LogP) is 3.01. The van der Waals surface area contributed by atoms with Crippen LogP contribution in [0.3, 0.4) is 0 Å². The molecule has 0 radical (unpaired) electrons. The Balaban J connectivity index is 1.80. The van der Waals surface area contributed by atoms with E-state index in [9.17, 15) is 9.90 Å². The van der Waals surface area contributed by atoms with E-state index in [-0.39, 0.29) is 19.8 Å². The zero-order valence-electron chi connectivity index (χ0n) is 18.2. The fourth-order valence-corrected chi connectivity index (χ4v) is 3.53. The average Bonchev–Trinajstić information content (AvgIpc) is 2.80. The van der Waals surface area contributed by atoms with Gasteiger partial charge in [0.2, 0.25) is 0 Å². The zero-order valence-corrected chi connectivity index (χ0v) is 18.2. The Morgan fingerprint density at radius 1 is 0.969 bits per heavy atom. The summed E-state index contributed by atoms with van der Waals surface area (Å²) in [4.78, 5) is 11.9. The summed E-state index contributed by atoms with van der Waals surface area (Å²) in [5.74, 6) is -0.487. The highest BCUT2D eigenvalue weighted by atomic mass is 16.7. The summed E-state index contributed by atoms with van der Waals surface area (Å²) in [7, 11) is 0. The van der Waals surface area contributed by atoms with Crippen molar-refractivity contribution in [3.05, 3.63) is 84.4 Å². The molecule has 0 bridgehead atoms. The number of ether oxygens (including phenoxy) is 5. The maximum absolute atomic E-state index is 11.9. The van der Waals surface area contributed by atoms with Crippen LogP contribution < -0.4 is 0 Å². The molecule has 32 heavy (non-hydrogen) atoms. The van der Waals surface area contributed by atoms with E-state index < -0.39 is 36.7 Å². The first kappa shape index (κ1) is 24.1. The molecule has 0 saturated carbocycles. The summed E-state index contributed by atoms with van der Waals surface area (Å²) in [6, 6.07) is 19.2. The van der Waals surface area contributed by atoms with Crippen LogP contribution in [0.4, 0.5) is 0 Å². The largest absolute Gasteiger partial charge is 0.457 e. The van der Waals surface area contributed by atoms with Gasteiger partial charge in [0, 0.05) is 6.92 Å². The second kappa shape index (κ2) is 12.5. The van der Waals surface area contributed by atoms with Crippen molar-refractivity contribution >= 4 is 5.97 Å². The Kier molecular flexibility index (Phi) is 9.40. The van der Waals surface area contributed by atoms with Crippen LogP contribution in [0.25, 0.3) is 0 Å². The molecule has 1 aliphatic rings. The van der Waals surface area contributed by atoms with E-state index in [1.807, 2.05) is 60.7 Å². The normalized spacial score (nSPS) is 25.2. The van der Waals surface area contributed by atoms with Crippen LogP contribution in [0.1, 0.15) is 18.1 Å². The second-order valence-corrected chi connectivity index (χ2v) is 7.49. The van der Waals surface area contributed by atoms with Crippen molar-refractivity contribution in [2.75, 3.05) is 13.2 Å². The van der Waals surface area contributed by atoms with Gasteiger partial charge in [-0.1, -0.05) is 66.7 Å². The summed E-state index contributed by atoms with van der Waals surface area (Å²) in [5, 5.41) is 10.8. The Hall–Kier alpha value is -2.55. The van der Waals surface area contributed by atoms with Gasteiger partial charge in [-0.3, -0.25) is 4.79 Å². The number of hydrogen-bond acceptors (Lipinski definition) is 7. The molecule has 1 saturated heterocycles. The minimum atomic E-state index is -1.29. The van der Waals surface area contributed by atoms with Crippen molar-refractivity contribution in [1.82, 2.24) is 0 Å². The number of esters is 1. The molecule has 5 atom stereocenters. The molecule has 1 heterocycles. The van der Waals surface area contributed by atoms with Crippen LogP contribution in [-0.4, -0.2) is 55.0 Å². The van der Waals surface area contributed by atoms with Crippen LogP contribution in [-0.2, 0) is 41.7 Å². The maximum Gasteiger partial charge on any atom is 0.303 e. The third-order valence-electron chi connectivity index (χ3n) is 5.00. The molecule has 3 rings (SSSR count). The van der Waals surface area contributed by atoms with E-state index in [2.05, 4.69) is 6.58 Å². The van der Waals surface area contributed by atoms with Gasteiger partial charge in [-0.25, -0.2) is 0 Å². The first-order valence-electron chi connectivity index (χ1n) is 10.6. The number of aliphatic hydroxyl groups is 1. The fourth-order valence-electron chi connectivity index (χ4n) is 3.53. The molecule has 1 fully saturated rings. The Bertz CT molecular complexity index is 827. The van der Waals surface area contributed by atoms with Crippen LogP contribution in [0.2, 0.25) is 0 Å². The van der Waals surface area contributed by atoms with Crippen LogP contribution in [0.5, 0.6) is 0 Å². The maximum atomic E-state index is 11.9. The molecule has 172 valence electrons. The average molecular weight is 443 g/mol. The standard InChI is InChI=1S/C25H30O7/c1-3-14-28-17-21-22(31-18(2)26)23(29-15-19-10-6-4-7-11-19)24(25(27)32-21)30-16-20-12-8-5-9-13-20/h3-13,21-25,27H,1,14-17H2,2H3/t21-,22-,23+,24-,25+/m1/s1. The highest BCUT2D eigenvalue weighted by Crippen LogP contribution is 2.29. The van der Waals surface area contributed by atoms with Gasteiger partial charge in [-0.2, -0.15) is 0 Å². The Labute approximate surface area is 188 Å². The van der Waals surface area contributed by atoms with Gasteiger partial charge >= 0.3 is 5.97 Å². The lowest BCUT2D eigenvalue weighted by Crippen LogP contribution is -2.61. The third kappa shape index (κ3) is 6.98. The molecule has 7 nitrogen and oxygen atoms in total. The van der Waals surface area contributed by atoms with E-state index >= 15 is 0 Å².